The van der Waals surface area contributed by atoms with Crippen LogP contribution in [-0.2, 0) is 4.74 Å². The van der Waals surface area contributed by atoms with Crippen LogP contribution < -0.4 is 5.32 Å². The fraction of sp³-hybridized carbons (Fsp3) is 0.615. The molecule has 1 aliphatic heterocycles. The van der Waals surface area contributed by atoms with Gasteiger partial charge in [0.2, 0.25) is 0 Å². The van der Waals surface area contributed by atoms with Crippen molar-refractivity contribution >= 4 is 39.6 Å². The van der Waals surface area contributed by atoms with Crippen molar-refractivity contribution in [3.05, 3.63) is 10.2 Å². The first-order valence-electron chi connectivity index (χ1n) is 7.37. The number of halogens is 1. The zero-order valence-corrected chi connectivity index (χ0v) is 14.2. The smallest absolute Gasteiger partial charge is 0.194 e. The van der Waals surface area contributed by atoms with E-state index in [1.165, 1.54) is 6.33 Å². The third-order valence-corrected chi connectivity index (χ3v) is 4.59. The molecule has 0 radical (unpaired) electrons. The number of nitrogens with one attached hydrogen (secondary N) is 1. The average molecular weight is 433 g/mol. The van der Waals surface area contributed by atoms with Crippen LogP contribution in [0.4, 0.5) is 5.82 Å². The second-order valence-corrected chi connectivity index (χ2v) is 6.78. The van der Waals surface area contributed by atoms with E-state index >= 15 is 0 Å². The van der Waals surface area contributed by atoms with E-state index in [-0.39, 0.29) is 6.61 Å². The zero-order valence-electron chi connectivity index (χ0n) is 12.0. The van der Waals surface area contributed by atoms with Crippen molar-refractivity contribution in [1.29, 1.82) is 0 Å². The topological polar surface area (TPSA) is 126 Å². The van der Waals surface area contributed by atoms with Gasteiger partial charge in [-0.3, -0.25) is 4.57 Å². The summed E-state index contributed by atoms with van der Waals surface area (Å²) in [6.07, 6.45) is -0.295. The summed E-state index contributed by atoms with van der Waals surface area (Å²) >= 11 is 2.02. The summed E-state index contributed by atoms with van der Waals surface area (Å²) in [6.45, 7) is -0.373. The van der Waals surface area contributed by atoms with Crippen molar-refractivity contribution in [2.75, 3.05) is 11.9 Å². The van der Waals surface area contributed by atoms with Gasteiger partial charge in [0.25, 0.3) is 0 Å². The number of aliphatic hydroxyl groups is 3. The molecular formula is C13H16IN5O4. The SMILES string of the molecule is OC[C@H]1O[C@@H](n2cnc3c(NC4CC4)nc(I)nc32)[C@H](O)[C@@H]1O. The van der Waals surface area contributed by atoms with E-state index < -0.39 is 24.5 Å². The molecular weight excluding hydrogens is 417 g/mol. The number of aliphatic hydroxyl groups excluding tert-OH is 3. The highest BCUT2D eigenvalue weighted by atomic mass is 127. The third-order valence-electron chi connectivity index (χ3n) is 4.10. The van der Waals surface area contributed by atoms with Gasteiger partial charge in [-0.1, -0.05) is 0 Å². The van der Waals surface area contributed by atoms with Crippen LogP contribution in [-0.4, -0.2) is 65.8 Å². The van der Waals surface area contributed by atoms with Gasteiger partial charge < -0.3 is 25.4 Å². The van der Waals surface area contributed by atoms with E-state index in [1.54, 1.807) is 4.57 Å². The highest BCUT2D eigenvalue weighted by Crippen LogP contribution is 2.33. The number of anilines is 1. The Hall–Kier alpha value is -1.08. The minimum atomic E-state index is -1.17. The van der Waals surface area contributed by atoms with E-state index in [4.69, 9.17) is 4.74 Å². The van der Waals surface area contributed by atoms with Crippen LogP contribution in [0.3, 0.4) is 0 Å². The zero-order chi connectivity index (χ0) is 16.1. The van der Waals surface area contributed by atoms with E-state index in [0.29, 0.717) is 26.9 Å². The van der Waals surface area contributed by atoms with Gasteiger partial charge in [-0.2, -0.15) is 0 Å². The molecule has 1 saturated heterocycles. The Balaban J connectivity index is 1.74. The summed E-state index contributed by atoms with van der Waals surface area (Å²) in [7, 11) is 0. The highest BCUT2D eigenvalue weighted by Gasteiger charge is 2.44. The molecule has 4 N–H and O–H groups in total. The Bertz CT molecular complexity index is 736. The summed E-state index contributed by atoms with van der Waals surface area (Å²) in [4.78, 5) is 13.1. The molecule has 2 aromatic rings. The first-order valence-corrected chi connectivity index (χ1v) is 8.45. The Morgan fingerprint density at radius 2 is 2.09 bits per heavy atom. The Labute approximate surface area is 144 Å². The van der Waals surface area contributed by atoms with Crippen molar-refractivity contribution in [1.82, 2.24) is 19.5 Å². The molecule has 1 aliphatic carbocycles. The number of aromatic nitrogens is 4. The van der Waals surface area contributed by atoms with Crippen LogP contribution in [0.5, 0.6) is 0 Å². The first-order chi connectivity index (χ1) is 11.1. The number of imidazole rings is 1. The van der Waals surface area contributed by atoms with Gasteiger partial charge in [-0.05, 0) is 12.8 Å². The van der Waals surface area contributed by atoms with Gasteiger partial charge in [-0.15, -0.1) is 0 Å². The molecule has 0 bridgehead atoms. The van der Waals surface area contributed by atoms with Gasteiger partial charge >= 0.3 is 0 Å². The van der Waals surface area contributed by atoms with Crippen LogP contribution >= 0.6 is 22.6 Å². The van der Waals surface area contributed by atoms with Crippen molar-refractivity contribution < 1.29 is 20.1 Å². The molecule has 124 valence electrons. The van der Waals surface area contributed by atoms with Gasteiger partial charge in [0.1, 0.15) is 18.3 Å². The van der Waals surface area contributed by atoms with Crippen LogP contribution in [0.25, 0.3) is 11.2 Å². The number of hydrogen-bond acceptors (Lipinski definition) is 8. The van der Waals surface area contributed by atoms with E-state index in [1.807, 2.05) is 22.6 Å². The van der Waals surface area contributed by atoms with Crippen LogP contribution in [0.1, 0.15) is 19.1 Å². The van der Waals surface area contributed by atoms with Gasteiger partial charge in [0.05, 0.1) is 12.9 Å². The molecule has 4 rings (SSSR count). The van der Waals surface area contributed by atoms with Crippen molar-refractivity contribution in [2.24, 2.45) is 0 Å². The fourth-order valence-electron chi connectivity index (χ4n) is 2.71. The van der Waals surface area contributed by atoms with E-state index in [9.17, 15) is 15.3 Å². The van der Waals surface area contributed by atoms with Crippen molar-refractivity contribution in [3.8, 4) is 0 Å². The molecule has 23 heavy (non-hydrogen) atoms. The highest BCUT2D eigenvalue weighted by molar-refractivity contribution is 14.1. The van der Waals surface area contributed by atoms with Crippen LogP contribution in [0, 0.1) is 3.83 Å². The second kappa shape index (κ2) is 5.77. The van der Waals surface area contributed by atoms with Crippen molar-refractivity contribution in [2.45, 2.75) is 43.4 Å². The summed E-state index contributed by atoms with van der Waals surface area (Å²) in [6, 6.07) is 0.419. The van der Waals surface area contributed by atoms with E-state index in [0.717, 1.165) is 12.8 Å². The lowest BCUT2D eigenvalue weighted by molar-refractivity contribution is -0.0511. The molecule has 2 aliphatic rings. The molecule has 3 heterocycles. The Morgan fingerprint density at radius 1 is 1.30 bits per heavy atom. The number of ether oxygens (including phenoxy) is 1. The molecule has 2 fully saturated rings. The quantitative estimate of drug-likeness (QED) is 0.380. The van der Waals surface area contributed by atoms with Crippen LogP contribution in [0.15, 0.2) is 6.33 Å². The summed E-state index contributed by atoms with van der Waals surface area (Å²) in [5.74, 6) is 0.660. The number of fused-ring (bicyclic) bond motifs is 1. The maximum Gasteiger partial charge on any atom is 0.194 e. The molecule has 9 nitrogen and oxygen atoms in total. The summed E-state index contributed by atoms with van der Waals surface area (Å²) < 4.78 is 7.67. The fourth-order valence-corrected chi connectivity index (χ4v) is 3.18. The Kier molecular flexibility index (Phi) is 3.88. The standard InChI is InChI=1S/C13H16IN5O4/c14-13-17-10(16-5-1-2-5)7-11(18-13)19(4-15-7)12-9(22)8(21)6(3-20)23-12/h4-6,8-9,12,20-22H,1-3H2,(H,16,17,18)/t6-,8-,9-,12-/m1/s1. The average Bonchev–Trinajstić information content (AvgIpc) is 3.17. The normalized spacial score (nSPS) is 31.0. The van der Waals surface area contributed by atoms with Gasteiger partial charge in [-0.25, -0.2) is 15.0 Å². The summed E-state index contributed by atoms with van der Waals surface area (Å²) in [5.41, 5.74) is 1.11. The molecule has 0 amide bonds. The molecule has 1 saturated carbocycles. The summed E-state index contributed by atoms with van der Waals surface area (Å²) in [5, 5.41) is 32.6. The lowest BCUT2D eigenvalue weighted by atomic mass is 10.1. The largest absolute Gasteiger partial charge is 0.394 e. The minimum Gasteiger partial charge on any atom is -0.394 e. The third kappa shape index (κ3) is 2.67. The van der Waals surface area contributed by atoms with E-state index in [2.05, 4.69) is 20.3 Å². The molecule has 2 aromatic heterocycles. The van der Waals surface area contributed by atoms with Crippen molar-refractivity contribution in [3.63, 3.8) is 0 Å². The maximum absolute atomic E-state index is 10.2. The van der Waals surface area contributed by atoms with Gasteiger partial charge in [0, 0.05) is 28.6 Å². The molecule has 0 unspecified atom stereocenters. The lowest BCUT2D eigenvalue weighted by Gasteiger charge is -2.16. The van der Waals surface area contributed by atoms with Gasteiger partial charge in [0.15, 0.2) is 27.0 Å². The predicted octanol–water partition coefficient (Wildman–Crippen LogP) is -0.383. The number of nitrogens with zero attached hydrogens (tertiary/aromatic N) is 4. The monoisotopic (exact) mass is 433 g/mol. The van der Waals surface area contributed by atoms with Crippen LogP contribution in [0.2, 0.25) is 0 Å². The predicted molar refractivity (Wildman–Crippen MR) is 87.7 cm³/mol. The molecule has 0 aromatic carbocycles. The first kappa shape index (κ1) is 15.4. The molecule has 0 spiro atoms. The number of hydrogen-bond donors (Lipinski definition) is 4. The number of rotatable bonds is 4. The minimum absolute atomic E-state index is 0.373. The molecule has 10 heteroatoms. The Morgan fingerprint density at radius 3 is 2.74 bits per heavy atom. The lowest BCUT2D eigenvalue weighted by Crippen LogP contribution is -2.33. The second-order valence-electron chi connectivity index (χ2n) is 5.81. The molecule has 4 atom stereocenters. The maximum atomic E-state index is 10.2.